The third kappa shape index (κ3) is 3.02. The SMILES string of the molecule is CCCC1(CNCc2cnc(C)s2)CC1. The van der Waals surface area contributed by atoms with Crippen molar-refractivity contribution in [1.82, 2.24) is 10.3 Å². The van der Waals surface area contributed by atoms with Crippen molar-refractivity contribution < 1.29 is 0 Å². The first-order valence-electron chi connectivity index (χ1n) is 5.86. The minimum absolute atomic E-state index is 0.661. The molecule has 0 saturated heterocycles. The van der Waals surface area contributed by atoms with Gasteiger partial charge < -0.3 is 5.32 Å². The molecule has 1 aliphatic rings. The van der Waals surface area contributed by atoms with Gasteiger partial charge in [0, 0.05) is 24.2 Å². The fourth-order valence-corrected chi connectivity index (χ4v) is 2.92. The topological polar surface area (TPSA) is 24.9 Å². The summed E-state index contributed by atoms with van der Waals surface area (Å²) < 4.78 is 0. The second-order valence-electron chi connectivity index (χ2n) is 4.70. The molecule has 84 valence electrons. The molecule has 2 nitrogen and oxygen atoms in total. The average molecular weight is 224 g/mol. The third-order valence-corrected chi connectivity index (χ3v) is 4.12. The van der Waals surface area contributed by atoms with Crippen LogP contribution in [0.15, 0.2) is 6.20 Å². The van der Waals surface area contributed by atoms with Crippen LogP contribution >= 0.6 is 11.3 Å². The lowest BCUT2D eigenvalue weighted by molar-refractivity contribution is 0.421. The van der Waals surface area contributed by atoms with Gasteiger partial charge in [-0.25, -0.2) is 4.98 Å². The van der Waals surface area contributed by atoms with Crippen LogP contribution in [0.2, 0.25) is 0 Å². The quantitative estimate of drug-likeness (QED) is 0.803. The molecule has 0 atom stereocenters. The number of aryl methyl sites for hydroxylation is 1. The monoisotopic (exact) mass is 224 g/mol. The third-order valence-electron chi connectivity index (χ3n) is 3.21. The van der Waals surface area contributed by atoms with Crippen LogP contribution in [0.25, 0.3) is 0 Å². The number of thiazole rings is 1. The van der Waals surface area contributed by atoms with Crippen molar-refractivity contribution in [1.29, 1.82) is 0 Å². The normalized spacial score (nSPS) is 18.0. The van der Waals surface area contributed by atoms with Gasteiger partial charge in [-0.15, -0.1) is 11.3 Å². The summed E-state index contributed by atoms with van der Waals surface area (Å²) in [6.07, 6.45) is 7.56. The van der Waals surface area contributed by atoms with Crippen molar-refractivity contribution >= 4 is 11.3 Å². The number of nitrogens with zero attached hydrogens (tertiary/aromatic N) is 1. The second-order valence-corrected chi connectivity index (χ2v) is 6.02. The first kappa shape index (κ1) is 11.1. The smallest absolute Gasteiger partial charge is 0.0897 e. The van der Waals surface area contributed by atoms with E-state index in [-0.39, 0.29) is 0 Å². The summed E-state index contributed by atoms with van der Waals surface area (Å²) in [5.41, 5.74) is 0.661. The van der Waals surface area contributed by atoms with Gasteiger partial charge in [0.15, 0.2) is 0 Å². The second kappa shape index (κ2) is 4.62. The highest BCUT2D eigenvalue weighted by atomic mass is 32.1. The zero-order valence-corrected chi connectivity index (χ0v) is 10.5. The molecule has 15 heavy (non-hydrogen) atoms. The lowest BCUT2D eigenvalue weighted by atomic mass is 10.0. The van der Waals surface area contributed by atoms with Crippen molar-refractivity contribution in [3.63, 3.8) is 0 Å². The van der Waals surface area contributed by atoms with Crippen molar-refractivity contribution in [3.8, 4) is 0 Å². The van der Waals surface area contributed by atoms with Crippen LogP contribution in [-0.4, -0.2) is 11.5 Å². The van der Waals surface area contributed by atoms with Crippen LogP contribution in [0.5, 0.6) is 0 Å². The molecule has 0 aliphatic heterocycles. The van der Waals surface area contributed by atoms with Gasteiger partial charge in [-0.05, 0) is 31.6 Å². The van der Waals surface area contributed by atoms with Gasteiger partial charge in [0.05, 0.1) is 5.01 Å². The Balaban J connectivity index is 1.71. The van der Waals surface area contributed by atoms with Gasteiger partial charge in [0.25, 0.3) is 0 Å². The first-order chi connectivity index (χ1) is 7.24. The minimum atomic E-state index is 0.661. The van der Waals surface area contributed by atoms with Gasteiger partial charge in [-0.3, -0.25) is 0 Å². The molecule has 1 aromatic rings. The van der Waals surface area contributed by atoms with E-state index in [1.54, 1.807) is 11.3 Å². The van der Waals surface area contributed by atoms with E-state index in [0.717, 1.165) is 6.54 Å². The Bertz CT molecular complexity index is 315. The summed E-state index contributed by atoms with van der Waals surface area (Å²) in [5, 5.41) is 4.74. The van der Waals surface area contributed by atoms with E-state index in [4.69, 9.17) is 0 Å². The number of nitrogens with one attached hydrogen (secondary N) is 1. The maximum Gasteiger partial charge on any atom is 0.0897 e. The number of rotatable bonds is 6. The highest BCUT2D eigenvalue weighted by Crippen LogP contribution is 2.48. The van der Waals surface area contributed by atoms with E-state index >= 15 is 0 Å². The fourth-order valence-electron chi connectivity index (χ4n) is 2.16. The predicted molar refractivity (Wildman–Crippen MR) is 65.1 cm³/mol. The Hall–Kier alpha value is -0.410. The Kier molecular flexibility index (Phi) is 3.42. The zero-order chi connectivity index (χ0) is 10.7. The maximum absolute atomic E-state index is 4.26. The molecule has 0 amide bonds. The van der Waals surface area contributed by atoms with Crippen LogP contribution in [0.1, 0.15) is 42.5 Å². The predicted octanol–water partition coefficient (Wildman–Crippen LogP) is 3.12. The van der Waals surface area contributed by atoms with Crippen LogP contribution in [0.3, 0.4) is 0 Å². The van der Waals surface area contributed by atoms with Gasteiger partial charge in [0.1, 0.15) is 0 Å². The molecule has 0 radical (unpaired) electrons. The summed E-state index contributed by atoms with van der Waals surface area (Å²) in [4.78, 5) is 5.62. The molecule has 1 heterocycles. The molecule has 3 heteroatoms. The van der Waals surface area contributed by atoms with Gasteiger partial charge in [-0.1, -0.05) is 13.3 Å². The standard InChI is InChI=1S/C12H20N2S/c1-3-4-12(5-6-12)9-13-7-11-8-14-10(2)15-11/h8,13H,3-7,9H2,1-2H3. The summed E-state index contributed by atoms with van der Waals surface area (Å²) in [6, 6.07) is 0. The van der Waals surface area contributed by atoms with Crippen LogP contribution in [-0.2, 0) is 6.54 Å². The van der Waals surface area contributed by atoms with E-state index in [1.165, 1.54) is 42.1 Å². The van der Waals surface area contributed by atoms with E-state index in [9.17, 15) is 0 Å². The van der Waals surface area contributed by atoms with Gasteiger partial charge >= 0.3 is 0 Å². The zero-order valence-electron chi connectivity index (χ0n) is 9.68. The van der Waals surface area contributed by atoms with Crippen molar-refractivity contribution in [2.45, 2.75) is 46.1 Å². The maximum atomic E-state index is 4.26. The lowest BCUT2D eigenvalue weighted by Crippen LogP contribution is -2.23. The molecule has 1 fully saturated rings. The van der Waals surface area contributed by atoms with Crippen LogP contribution < -0.4 is 5.32 Å². The highest BCUT2D eigenvalue weighted by Gasteiger charge is 2.40. The minimum Gasteiger partial charge on any atom is -0.311 e. The summed E-state index contributed by atoms with van der Waals surface area (Å²) >= 11 is 1.80. The van der Waals surface area contributed by atoms with E-state index < -0.39 is 0 Å². The molecule has 0 unspecified atom stereocenters. The molecular weight excluding hydrogens is 204 g/mol. The van der Waals surface area contributed by atoms with Gasteiger partial charge in [0.2, 0.25) is 0 Å². The van der Waals surface area contributed by atoms with Crippen molar-refractivity contribution in [2.24, 2.45) is 5.41 Å². The summed E-state index contributed by atoms with van der Waals surface area (Å²) in [5.74, 6) is 0. The molecule has 0 aromatic carbocycles. The van der Waals surface area contributed by atoms with Crippen LogP contribution in [0.4, 0.5) is 0 Å². The van der Waals surface area contributed by atoms with E-state index in [1.807, 2.05) is 6.20 Å². The Morgan fingerprint density at radius 2 is 2.33 bits per heavy atom. The Morgan fingerprint density at radius 1 is 1.53 bits per heavy atom. The Morgan fingerprint density at radius 3 is 2.87 bits per heavy atom. The summed E-state index contributed by atoms with van der Waals surface area (Å²) in [6.45, 7) is 6.54. The first-order valence-corrected chi connectivity index (χ1v) is 6.68. The fraction of sp³-hybridized carbons (Fsp3) is 0.750. The lowest BCUT2D eigenvalue weighted by Gasteiger charge is -2.14. The Labute approximate surface area is 96.1 Å². The molecule has 1 N–H and O–H groups in total. The molecule has 1 aromatic heterocycles. The highest BCUT2D eigenvalue weighted by molar-refractivity contribution is 7.11. The van der Waals surface area contributed by atoms with Crippen LogP contribution in [0, 0.1) is 12.3 Å². The molecule has 0 bridgehead atoms. The van der Waals surface area contributed by atoms with E-state index in [0.29, 0.717) is 5.41 Å². The largest absolute Gasteiger partial charge is 0.311 e. The molecule has 1 saturated carbocycles. The number of hydrogen-bond donors (Lipinski definition) is 1. The van der Waals surface area contributed by atoms with Gasteiger partial charge in [-0.2, -0.15) is 0 Å². The molecule has 2 rings (SSSR count). The van der Waals surface area contributed by atoms with E-state index in [2.05, 4.69) is 24.1 Å². The summed E-state index contributed by atoms with van der Waals surface area (Å²) in [7, 11) is 0. The number of hydrogen-bond acceptors (Lipinski definition) is 3. The average Bonchev–Trinajstić information content (AvgIpc) is 2.83. The number of aromatic nitrogens is 1. The van der Waals surface area contributed by atoms with Crippen molar-refractivity contribution in [3.05, 3.63) is 16.1 Å². The molecule has 1 aliphatic carbocycles. The molecular formula is C12H20N2S. The van der Waals surface area contributed by atoms with Crippen molar-refractivity contribution in [2.75, 3.05) is 6.54 Å². The molecule has 0 spiro atoms.